The van der Waals surface area contributed by atoms with Gasteiger partial charge in [-0.3, -0.25) is 0 Å². The van der Waals surface area contributed by atoms with E-state index >= 15 is 0 Å². The number of hydrogen-bond acceptors (Lipinski definition) is 0. The lowest BCUT2D eigenvalue weighted by molar-refractivity contribution is 1.17. The molecule has 0 aliphatic carbocycles. The molecule has 2 aromatic heterocycles. The second-order valence-electron chi connectivity index (χ2n) is 12.2. The number of hydrogen-bond donors (Lipinski definition) is 0. The highest BCUT2D eigenvalue weighted by Crippen LogP contribution is 2.40. The van der Waals surface area contributed by atoms with Crippen LogP contribution < -0.4 is 0 Å². The largest absolute Gasteiger partial charge is 0.309 e. The summed E-state index contributed by atoms with van der Waals surface area (Å²) in [5, 5.41) is 10.1. The fraction of sp³-hybridized carbons (Fsp3) is 0. The lowest BCUT2D eigenvalue weighted by atomic mass is 9.98. The van der Waals surface area contributed by atoms with Crippen LogP contribution in [0, 0.1) is 0 Å². The van der Waals surface area contributed by atoms with E-state index in [-0.39, 0.29) is 0 Å². The van der Waals surface area contributed by atoms with Crippen molar-refractivity contribution >= 4 is 65.2 Å². The summed E-state index contributed by atoms with van der Waals surface area (Å²) < 4.78 is 4.86. The summed E-state index contributed by atoms with van der Waals surface area (Å²) in [6.07, 6.45) is 0. The van der Waals surface area contributed by atoms with Crippen LogP contribution in [0.25, 0.3) is 87.7 Å². The zero-order valence-electron chi connectivity index (χ0n) is 25.1. The van der Waals surface area contributed by atoms with Gasteiger partial charge in [0.05, 0.1) is 22.1 Å². The van der Waals surface area contributed by atoms with E-state index in [9.17, 15) is 0 Å². The van der Waals surface area contributed by atoms with Gasteiger partial charge in [0.15, 0.2) is 0 Å². The quantitative estimate of drug-likeness (QED) is 0.195. The first-order valence-corrected chi connectivity index (χ1v) is 15.9. The van der Waals surface area contributed by atoms with Gasteiger partial charge in [-0.25, -0.2) is 0 Å². The molecule has 0 spiro atoms. The number of rotatable bonds is 3. The van der Waals surface area contributed by atoms with Gasteiger partial charge in [-0.1, -0.05) is 121 Å². The molecule has 10 aromatic rings. The molecule has 8 aromatic carbocycles. The molecule has 0 saturated heterocycles. The zero-order valence-corrected chi connectivity index (χ0v) is 25.1. The van der Waals surface area contributed by atoms with E-state index < -0.39 is 0 Å². The Morgan fingerprint density at radius 3 is 1.54 bits per heavy atom. The molecule has 0 fully saturated rings. The highest BCUT2D eigenvalue weighted by molar-refractivity contribution is 6.19. The maximum atomic E-state index is 2.43. The fourth-order valence-corrected chi connectivity index (χ4v) is 7.57. The van der Waals surface area contributed by atoms with Crippen molar-refractivity contribution in [3.63, 3.8) is 0 Å². The first-order chi connectivity index (χ1) is 22.8. The molecular weight excluding hydrogens is 556 g/mol. The normalized spacial score (nSPS) is 11.9. The molecule has 0 bridgehead atoms. The molecule has 10 rings (SSSR count). The fourth-order valence-electron chi connectivity index (χ4n) is 7.57. The summed E-state index contributed by atoms with van der Waals surface area (Å²) in [5.41, 5.74) is 9.65. The second-order valence-corrected chi connectivity index (χ2v) is 12.2. The van der Waals surface area contributed by atoms with E-state index in [1.54, 1.807) is 0 Å². The molecule has 0 atom stereocenters. The predicted molar refractivity (Wildman–Crippen MR) is 196 cm³/mol. The second kappa shape index (κ2) is 9.69. The minimum Gasteiger partial charge on any atom is -0.309 e. The molecule has 0 saturated carbocycles. The molecule has 214 valence electrons. The maximum Gasteiger partial charge on any atom is 0.0562 e. The highest BCUT2D eigenvalue weighted by atomic mass is 15.0. The molecule has 0 radical (unpaired) electrons. The van der Waals surface area contributed by atoms with Crippen molar-refractivity contribution in [2.24, 2.45) is 0 Å². The van der Waals surface area contributed by atoms with E-state index in [0.29, 0.717) is 0 Å². The van der Waals surface area contributed by atoms with Gasteiger partial charge in [-0.15, -0.1) is 0 Å². The Bertz CT molecular complexity index is 2790. The highest BCUT2D eigenvalue weighted by Gasteiger charge is 2.18. The molecule has 2 heterocycles. The van der Waals surface area contributed by atoms with Crippen LogP contribution in [-0.2, 0) is 0 Å². The van der Waals surface area contributed by atoms with Crippen LogP contribution in [0.4, 0.5) is 0 Å². The minimum atomic E-state index is 1.16. The molecule has 0 amide bonds. The first-order valence-electron chi connectivity index (χ1n) is 15.9. The number of benzene rings is 8. The summed E-state index contributed by atoms with van der Waals surface area (Å²) in [4.78, 5) is 0. The molecular formula is C44H28N2. The Morgan fingerprint density at radius 2 is 0.826 bits per heavy atom. The molecule has 0 unspecified atom stereocenters. The number of fused-ring (bicyclic) bond motifs is 8. The Kier molecular flexibility index (Phi) is 5.31. The minimum absolute atomic E-state index is 1.16. The smallest absolute Gasteiger partial charge is 0.0562 e. The Hall–Kier alpha value is -6.12. The molecule has 2 heteroatoms. The predicted octanol–water partition coefficient (Wildman–Crippen LogP) is 11.9. The van der Waals surface area contributed by atoms with Crippen molar-refractivity contribution in [3.05, 3.63) is 170 Å². The van der Waals surface area contributed by atoms with Crippen LogP contribution in [0.5, 0.6) is 0 Å². The standard InChI is InChI=1S/C44H28N2/c1-2-12-32-26-34(25-20-29(32)10-1)46-42-19-8-6-16-38(42)40-27-39-37-15-5-7-18-41(37)45(43(39)28-44(40)46)33-23-21-31(22-24-33)36-17-9-13-30-11-3-4-14-35(30)36/h1-28H. The Morgan fingerprint density at radius 1 is 0.283 bits per heavy atom. The average molecular weight is 585 g/mol. The van der Waals surface area contributed by atoms with E-state index in [0.717, 1.165) is 5.69 Å². The molecule has 2 nitrogen and oxygen atoms in total. The van der Waals surface area contributed by atoms with Gasteiger partial charge in [-0.2, -0.15) is 0 Å². The summed E-state index contributed by atoms with van der Waals surface area (Å²) >= 11 is 0. The van der Waals surface area contributed by atoms with Gasteiger partial charge in [0, 0.05) is 32.9 Å². The zero-order chi connectivity index (χ0) is 30.2. The summed E-state index contributed by atoms with van der Waals surface area (Å²) in [7, 11) is 0. The number of para-hydroxylation sites is 2. The van der Waals surface area contributed by atoms with Gasteiger partial charge in [0.1, 0.15) is 0 Å². The third-order valence-electron chi connectivity index (χ3n) is 9.68. The van der Waals surface area contributed by atoms with Gasteiger partial charge in [0.25, 0.3) is 0 Å². The van der Waals surface area contributed by atoms with Crippen molar-refractivity contribution in [1.82, 2.24) is 9.13 Å². The van der Waals surface area contributed by atoms with E-state index in [1.807, 2.05) is 0 Å². The van der Waals surface area contributed by atoms with Crippen LogP contribution in [-0.4, -0.2) is 9.13 Å². The van der Waals surface area contributed by atoms with Crippen LogP contribution in [0.1, 0.15) is 0 Å². The van der Waals surface area contributed by atoms with Gasteiger partial charge < -0.3 is 9.13 Å². The van der Waals surface area contributed by atoms with E-state index in [1.165, 1.54) is 82.0 Å². The van der Waals surface area contributed by atoms with Crippen molar-refractivity contribution in [2.45, 2.75) is 0 Å². The summed E-state index contributed by atoms with van der Waals surface area (Å²) in [6.45, 7) is 0. The van der Waals surface area contributed by atoms with E-state index in [2.05, 4.69) is 179 Å². The van der Waals surface area contributed by atoms with Crippen molar-refractivity contribution in [2.75, 3.05) is 0 Å². The van der Waals surface area contributed by atoms with Crippen LogP contribution in [0.3, 0.4) is 0 Å². The molecule has 0 aliphatic rings. The third-order valence-corrected chi connectivity index (χ3v) is 9.68. The third kappa shape index (κ3) is 3.65. The van der Waals surface area contributed by atoms with Crippen LogP contribution >= 0.6 is 0 Å². The first kappa shape index (κ1) is 25.2. The molecule has 0 N–H and O–H groups in total. The topological polar surface area (TPSA) is 9.86 Å². The molecule has 0 aliphatic heterocycles. The molecule has 46 heavy (non-hydrogen) atoms. The Labute approximate surface area is 266 Å². The average Bonchev–Trinajstić information content (AvgIpc) is 3.62. The van der Waals surface area contributed by atoms with Gasteiger partial charge in [0.2, 0.25) is 0 Å². The monoisotopic (exact) mass is 584 g/mol. The lowest BCUT2D eigenvalue weighted by Gasteiger charge is -2.12. The number of aromatic nitrogens is 2. The van der Waals surface area contributed by atoms with Gasteiger partial charge >= 0.3 is 0 Å². The maximum absolute atomic E-state index is 2.43. The van der Waals surface area contributed by atoms with Crippen molar-refractivity contribution in [1.29, 1.82) is 0 Å². The lowest BCUT2D eigenvalue weighted by Crippen LogP contribution is -1.96. The van der Waals surface area contributed by atoms with Crippen molar-refractivity contribution in [3.8, 4) is 22.5 Å². The summed E-state index contributed by atoms with van der Waals surface area (Å²) in [6, 6.07) is 62.1. The van der Waals surface area contributed by atoms with Crippen molar-refractivity contribution < 1.29 is 0 Å². The van der Waals surface area contributed by atoms with Crippen LogP contribution in [0.15, 0.2) is 170 Å². The summed E-state index contributed by atoms with van der Waals surface area (Å²) in [5.74, 6) is 0. The SMILES string of the molecule is c1ccc2cc(-n3c4ccccc4c4cc5c6ccccc6n(-c6ccc(-c7cccc8ccccc78)cc6)c5cc43)ccc2c1. The van der Waals surface area contributed by atoms with E-state index in [4.69, 9.17) is 0 Å². The number of nitrogens with zero attached hydrogens (tertiary/aromatic N) is 2. The Balaban J connectivity index is 1.24. The van der Waals surface area contributed by atoms with Crippen LogP contribution in [0.2, 0.25) is 0 Å². The van der Waals surface area contributed by atoms with Gasteiger partial charge in [-0.05, 0) is 81.2 Å².